The normalized spacial score (nSPS) is 10.6. The van der Waals surface area contributed by atoms with E-state index in [-0.39, 0.29) is 11.7 Å². The summed E-state index contributed by atoms with van der Waals surface area (Å²) in [4.78, 5) is 31.5. The largest absolute Gasteiger partial charge is 0.493 e. The first-order chi connectivity index (χ1) is 16.4. The van der Waals surface area contributed by atoms with E-state index < -0.39 is 5.97 Å². The van der Waals surface area contributed by atoms with Gasteiger partial charge in [0.1, 0.15) is 17.9 Å². The fourth-order valence-electron chi connectivity index (χ4n) is 3.45. The minimum absolute atomic E-state index is 0.196. The zero-order chi connectivity index (χ0) is 24.5. The van der Waals surface area contributed by atoms with Crippen LogP contribution < -0.4 is 19.5 Å². The molecule has 2 aromatic carbocycles. The zero-order valence-corrected chi connectivity index (χ0v) is 19.8. The van der Waals surface area contributed by atoms with Crippen LogP contribution in [0.3, 0.4) is 0 Å². The van der Waals surface area contributed by atoms with E-state index in [2.05, 4.69) is 20.0 Å². The third-order valence-corrected chi connectivity index (χ3v) is 5.14. The highest BCUT2D eigenvalue weighted by atomic mass is 16.6. The van der Waals surface area contributed by atoms with Crippen LogP contribution in [0.4, 0.5) is 11.5 Å². The predicted molar refractivity (Wildman–Crippen MR) is 128 cm³/mol. The summed E-state index contributed by atoms with van der Waals surface area (Å²) in [6.45, 7) is 3.81. The average Bonchev–Trinajstić information content (AvgIpc) is 2.82. The molecule has 180 valence electrons. The van der Waals surface area contributed by atoms with Gasteiger partial charge in [-0.2, -0.15) is 0 Å². The summed E-state index contributed by atoms with van der Waals surface area (Å²) in [5, 5.41) is 3.99. The zero-order valence-electron chi connectivity index (χ0n) is 19.8. The molecule has 0 aliphatic carbocycles. The molecule has 0 atom stereocenters. The molecular formula is C25H29N3O6. The van der Waals surface area contributed by atoms with Crippen LogP contribution in [-0.4, -0.2) is 42.7 Å². The van der Waals surface area contributed by atoms with Crippen LogP contribution in [0.25, 0.3) is 10.9 Å². The Morgan fingerprint density at radius 1 is 1.03 bits per heavy atom. The van der Waals surface area contributed by atoms with Gasteiger partial charge in [-0.25, -0.2) is 9.97 Å². The van der Waals surface area contributed by atoms with Crippen LogP contribution in [0.5, 0.6) is 17.2 Å². The number of nitrogens with one attached hydrogen (secondary N) is 1. The van der Waals surface area contributed by atoms with Gasteiger partial charge < -0.3 is 24.3 Å². The molecule has 3 rings (SSSR count). The molecular weight excluding hydrogens is 438 g/mol. The van der Waals surface area contributed by atoms with Crippen molar-refractivity contribution in [3.8, 4) is 17.2 Å². The van der Waals surface area contributed by atoms with E-state index in [0.717, 1.165) is 36.3 Å². The van der Waals surface area contributed by atoms with Gasteiger partial charge in [-0.1, -0.05) is 12.1 Å². The molecule has 1 aromatic heterocycles. The molecule has 3 aromatic rings. The minimum Gasteiger partial charge on any atom is -0.493 e. The Kier molecular flexibility index (Phi) is 8.61. The van der Waals surface area contributed by atoms with Gasteiger partial charge in [0.2, 0.25) is 0 Å². The van der Waals surface area contributed by atoms with Gasteiger partial charge in [0, 0.05) is 24.8 Å². The first-order valence-corrected chi connectivity index (χ1v) is 11.0. The molecule has 0 amide bonds. The van der Waals surface area contributed by atoms with E-state index in [9.17, 15) is 9.59 Å². The lowest BCUT2D eigenvalue weighted by atomic mass is 10.1. The van der Waals surface area contributed by atoms with Crippen LogP contribution in [0.15, 0.2) is 36.7 Å². The number of carbonyl (C=O) groups is 2. The van der Waals surface area contributed by atoms with Crippen LogP contribution in [0.2, 0.25) is 0 Å². The van der Waals surface area contributed by atoms with Gasteiger partial charge in [0.25, 0.3) is 0 Å². The Bertz CT molecular complexity index is 1160. The van der Waals surface area contributed by atoms with Crippen LogP contribution in [-0.2, 0) is 14.3 Å². The van der Waals surface area contributed by atoms with E-state index in [4.69, 9.17) is 14.2 Å². The summed E-state index contributed by atoms with van der Waals surface area (Å²) < 4.78 is 21.4. The van der Waals surface area contributed by atoms with Gasteiger partial charge in [-0.3, -0.25) is 9.59 Å². The number of ether oxygens (including phenoxy) is 4. The van der Waals surface area contributed by atoms with Crippen LogP contribution in [0, 0.1) is 6.92 Å². The third kappa shape index (κ3) is 6.34. The van der Waals surface area contributed by atoms with Crippen molar-refractivity contribution in [2.24, 2.45) is 0 Å². The van der Waals surface area contributed by atoms with Crippen molar-refractivity contribution in [3.05, 3.63) is 42.2 Å². The highest BCUT2D eigenvalue weighted by Crippen LogP contribution is 2.37. The second-order valence-electron chi connectivity index (χ2n) is 7.65. The predicted octanol–water partition coefficient (Wildman–Crippen LogP) is 4.73. The van der Waals surface area contributed by atoms with Gasteiger partial charge in [-0.05, 0) is 43.9 Å². The molecule has 1 heterocycles. The van der Waals surface area contributed by atoms with Crippen LogP contribution in [0.1, 0.15) is 38.2 Å². The van der Waals surface area contributed by atoms with E-state index >= 15 is 0 Å². The molecule has 34 heavy (non-hydrogen) atoms. The highest BCUT2D eigenvalue weighted by molar-refractivity contribution is 5.94. The number of methoxy groups -OCH3 is 2. The molecule has 9 heteroatoms. The Hall–Kier alpha value is -3.88. The monoisotopic (exact) mass is 467 g/mol. The van der Waals surface area contributed by atoms with E-state index in [1.165, 1.54) is 27.5 Å². The number of aromatic nitrogens is 2. The van der Waals surface area contributed by atoms with E-state index in [1.54, 1.807) is 12.1 Å². The second kappa shape index (κ2) is 11.8. The molecule has 0 radical (unpaired) electrons. The Morgan fingerprint density at radius 2 is 1.85 bits per heavy atom. The number of esters is 2. The van der Waals surface area contributed by atoms with Crippen molar-refractivity contribution in [3.63, 3.8) is 0 Å². The Morgan fingerprint density at radius 3 is 2.59 bits per heavy atom. The smallest absolute Gasteiger partial charge is 0.308 e. The molecule has 0 aliphatic rings. The molecule has 0 unspecified atom stereocenters. The topological polar surface area (TPSA) is 109 Å². The van der Waals surface area contributed by atoms with Crippen molar-refractivity contribution >= 4 is 34.3 Å². The van der Waals surface area contributed by atoms with Crippen molar-refractivity contribution in [2.45, 2.75) is 39.5 Å². The lowest BCUT2D eigenvalue weighted by Crippen LogP contribution is -2.05. The van der Waals surface area contributed by atoms with Gasteiger partial charge in [-0.15, -0.1) is 0 Å². The van der Waals surface area contributed by atoms with Gasteiger partial charge >= 0.3 is 11.9 Å². The molecule has 0 fully saturated rings. The number of fused-ring (bicyclic) bond motifs is 1. The quantitative estimate of drug-likeness (QED) is 0.243. The Labute approximate surface area is 198 Å². The minimum atomic E-state index is -0.454. The van der Waals surface area contributed by atoms with Gasteiger partial charge in [0.05, 0.1) is 32.0 Å². The SMILES string of the molecule is COC(=O)CCCCCOc1c(C)cccc1Nc1ncnc2cc(OC)c(OC(C)=O)cc12. The maximum Gasteiger partial charge on any atom is 0.308 e. The number of rotatable bonds is 11. The number of benzene rings is 2. The summed E-state index contributed by atoms with van der Waals surface area (Å²) in [5.74, 6) is 1.29. The first kappa shape index (κ1) is 24.8. The number of unbranched alkanes of at least 4 members (excludes halogenated alkanes) is 2. The molecule has 0 spiro atoms. The van der Waals surface area contributed by atoms with Crippen molar-refractivity contribution < 1.29 is 28.5 Å². The third-order valence-electron chi connectivity index (χ3n) is 5.14. The number of hydrogen-bond donors (Lipinski definition) is 1. The number of aryl methyl sites for hydroxylation is 1. The number of anilines is 2. The summed E-state index contributed by atoms with van der Waals surface area (Å²) in [6, 6.07) is 9.18. The summed E-state index contributed by atoms with van der Waals surface area (Å²) in [7, 11) is 2.90. The van der Waals surface area contributed by atoms with Crippen LogP contribution >= 0.6 is 0 Å². The molecule has 0 saturated carbocycles. The molecule has 0 saturated heterocycles. The maximum absolute atomic E-state index is 11.5. The summed E-state index contributed by atoms with van der Waals surface area (Å²) in [5.41, 5.74) is 2.35. The van der Waals surface area contributed by atoms with E-state index in [1.807, 2.05) is 25.1 Å². The van der Waals surface area contributed by atoms with Crippen molar-refractivity contribution in [2.75, 3.05) is 26.1 Å². The fraction of sp³-hybridized carbons (Fsp3) is 0.360. The molecule has 1 N–H and O–H groups in total. The molecule has 9 nitrogen and oxygen atoms in total. The summed E-state index contributed by atoms with van der Waals surface area (Å²) in [6.07, 6.45) is 4.30. The second-order valence-corrected chi connectivity index (χ2v) is 7.65. The number of nitrogens with zero attached hydrogens (tertiary/aromatic N) is 2. The maximum atomic E-state index is 11.5. The lowest BCUT2D eigenvalue weighted by molar-refractivity contribution is -0.140. The average molecular weight is 468 g/mol. The highest BCUT2D eigenvalue weighted by Gasteiger charge is 2.15. The van der Waals surface area contributed by atoms with Crippen molar-refractivity contribution in [1.29, 1.82) is 0 Å². The molecule has 0 bridgehead atoms. The molecule has 0 aliphatic heterocycles. The lowest BCUT2D eigenvalue weighted by Gasteiger charge is -2.16. The number of hydrogen-bond acceptors (Lipinski definition) is 9. The number of para-hydroxylation sites is 1. The number of carbonyl (C=O) groups excluding carboxylic acids is 2. The Balaban J connectivity index is 1.80. The van der Waals surface area contributed by atoms with E-state index in [0.29, 0.717) is 35.5 Å². The van der Waals surface area contributed by atoms with Crippen molar-refractivity contribution in [1.82, 2.24) is 9.97 Å². The first-order valence-electron chi connectivity index (χ1n) is 11.0. The summed E-state index contributed by atoms with van der Waals surface area (Å²) >= 11 is 0. The fourth-order valence-corrected chi connectivity index (χ4v) is 3.45. The standard InChI is InChI=1S/C25H29N3O6/c1-16-9-8-10-19(24(16)33-12-7-5-6-11-23(30)32-4)28-25-18-13-22(34-17(2)29)21(31-3)14-20(18)26-15-27-25/h8-10,13-15H,5-7,11-12H2,1-4H3,(H,26,27,28). The van der Waals surface area contributed by atoms with Gasteiger partial charge in [0.15, 0.2) is 11.5 Å².